The number of aromatic nitrogens is 3. The van der Waals surface area contributed by atoms with Crippen molar-refractivity contribution >= 4 is 29.2 Å². The van der Waals surface area contributed by atoms with Gasteiger partial charge in [0.15, 0.2) is 0 Å². The largest absolute Gasteiger partial charge is 0.352 e. The number of piperazine rings is 1. The second-order valence-electron chi connectivity index (χ2n) is 9.32. The highest BCUT2D eigenvalue weighted by atomic mass is 35.5. The molecule has 1 saturated heterocycles. The summed E-state index contributed by atoms with van der Waals surface area (Å²) in [7, 11) is 0. The van der Waals surface area contributed by atoms with Gasteiger partial charge in [0, 0.05) is 54.9 Å². The van der Waals surface area contributed by atoms with Crippen LogP contribution in [-0.2, 0) is 0 Å². The first-order chi connectivity index (χ1) is 17.4. The van der Waals surface area contributed by atoms with Crippen LogP contribution in [-0.4, -0.2) is 40.6 Å². The molecule has 1 fully saturated rings. The molecule has 0 radical (unpaired) electrons. The summed E-state index contributed by atoms with van der Waals surface area (Å²) in [5.41, 5.74) is 3.82. The second kappa shape index (κ2) is 10.3. The Hall–Kier alpha value is -3.45. The third-order valence-electron chi connectivity index (χ3n) is 6.75. The van der Waals surface area contributed by atoms with Crippen LogP contribution < -0.4 is 14.7 Å². The van der Waals surface area contributed by atoms with Crippen LogP contribution in [0.5, 0.6) is 0 Å². The van der Waals surface area contributed by atoms with Crippen molar-refractivity contribution in [3.63, 3.8) is 0 Å². The summed E-state index contributed by atoms with van der Waals surface area (Å²) < 4.78 is 13.7. The molecule has 0 unspecified atom stereocenters. The Balaban J connectivity index is 1.53. The molecule has 5 rings (SSSR count). The Kier molecular flexibility index (Phi) is 6.92. The van der Waals surface area contributed by atoms with Gasteiger partial charge in [-0.1, -0.05) is 23.8 Å². The van der Waals surface area contributed by atoms with Crippen molar-refractivity contribution < 1.29 is 4.39 Å². The highest BCUT2D eigenvalue weighted by Gasteiger charge is 2.28. The van der Waals surface area contributed by atoms with E-state index in [2.05, 4.69) is 52.6 Å². The molecule has 0 saturated carbocycles. The molecule has 1 atom stereocenters. The normalized spacial score (nSPS) is 18.6. The summed E-state index contributed by atoms with van der Waals surface area (Å²) in [4.78, 5) is 21.1. The number of nitrogens with zero attached hydrogens (tertiary/aromatic N) is 6. The van der Waals surface area contributed by atoms with Gasteiger partial charge in [0.2, 0.25) is 5.95 Å². The molecule has 1 aromatic carbocycles. The van der Waals surface area contributed by atoms with Crippen molar-refractivity contribution in [2.24, 2.45) is 0 Å². The molecule has 0 amide bonds. The summed E-state index contributed by atoms with van der Waals surface area (Å²) in [6.45, 7) is 8.67. The third kappa shape index (κ3) is 4.93. The molecular formula is C28H30ClFN6. The van der Waals surface area contributed by atoms with E-state index in [1.807, 2.05) is 18.2 Å². The van der Waals surface area contributed by atoms with Crippen molar-refractivity contribution in [2.75, 3.05) is 34.3 Å². The van der Waals surface area contributed by atoms with Gasteiger partial charge in [-0.2, -0.15) is 4.98 Å². The lowest BCUT2D eigenvalue weighted by molar-refractivity contribution is 0.542. The lowest BCUT2D eigenvalue weighted by Crippen LogP contribution is -2.52. The number of benzene rings is 1. The van der Waals surface area contributed by atoms with Gasteiger partial charge in [-0.3, -0.25) is 4.90 Å². The summed E-state index contributed by atoms with van der Waals surface area (Å²) in [6, 6.07) is 12.4. The fraction of sp³-hybridized carbons (Fsp3) is 0.321. The molecule has 0 N–H and O–H groups in total. The first-order valence-electron chi connectivity index (χ1n) is 12.3. The highest BCUT2D eigenvalue weighted by molar-refractivity contribution is 6.32. The lowest BCUT2D eigenvalue weighted by Gasteiger charge is -2.41. The molecule has 0 spiro atoms. The van der Waals surface area contributed by atoms with Gasteiger partial charge in [0.25, 0.3) is 0 Å². The number of pyridine rings is 1. The van der Waals surface area contributed by atoms with Gasteiger partial charge in [0.05, 0.1) is 10.7 Å². The van der Waals surface area contributed by atoms with E-state index < -0.39 is 0 Å². The summed E-state index contributed by atoms with van der Waals surface area (Å²) in [5, 5.41) is 0.659. The maximum absolute atomic E-state index is 13.7. The van der Waals surface area contributed by atoms with Gasteiger partial charge in [0.1, 0.15) is 17.5 Å². The van der Waals surface area contributed by atoms with Crippen molar-refractivity contribution in [2.45, 2.75) is 39.7 Å². The number of hydrogen-bond acceptors (Lipinski definition) is 6. The molecule has 186 valence electrons. The quantitative estimate of drug-likeness (QED) is 0.406. The van der Waals surface area contributed by atoms with Crippen molar-refractivity contribution in [3.8, 4) is 11.3 Å². The fourth-order valence-corrected chi connectivity index (χ4v) is 5.14. The molecular weight excluding hydrogens is 475 g/mol. The first-order valence-corrected chi connectivity index (χ1v) is 12.7. The van der Waals surface area contributed by atoms with E-state index in [1.165, 1.54) is 12.1 Å². The minimum atomic E-state index is -0.267. The first kappa shape index (κ1) is 24.3. The minimum Gasteiger partial charge on any atom is -0.352 e. The molecule has 8 heteroatoms. The van der Waals surface area contributed by atoms with Crippen LogP contribution in [0.2, 0.25) is 5.02 Å². The average molecular weight is 505 g/mol. The lowest BCUT2D eigenvalue weighted by atomic mass is 10.1. The van der Waals surface area contributed by atoms with Gasteiger partial charge in [-0.25, -0.2) is 14.4 Å². The number of allylic oxidation sites excluding steroid dienone is 4. The van der Waals surface area contributed by atoms with Crippen molar-refractivity contribution in [3.05, 3.63) is 83.0 Å². The van der Waals surface area contributed by atoms with Gasteiger partial charge < -0.3 is 9.80 Å². The Labute approximate surface area is 216 Å². The van der Waals surface area contributed by atoms with E-state index in [1.54, 1.807) is 18.3 Å². The molecule has 6 nitrogen and oxygen atoms in total. The Bertz CT molecular complexity index is 1290. The van der Waals surface area contributed by atoms with E-state index in [0.29, 0.717) is 11.0 Å². The predicted octanol–water partition coefficient (Wildman–Crippen LogP) is 6.45. The topological polar surface area (TPSA) is 48.4 Å². The van der Waals surface area contributed by atoms with E-state index >= 15 is 0 Å². The summed E-state index contributed by atoms with van der Waals surface area (Å²) >= 11 is 6.42. The van der Waals surface area contributed by atoms with Gasteiger partial charge in [-0.15, -0.1) is 0 Å². The monoisotopic (exact) mass is 504 g/mol. The van der Waals surface area contributed by atoms with E-state index in [-0.39, 0.29) is 11.9 Å². The highest BCUT2D eigenvalue weighted by Crippen LogP contribution is 2.32. The van der Waals surface area contributed by atoms with Crippen LogP contribution in [0.4, 0.5) is 22.0 Å². The maximum atomic E-state index is 13.7. The zero-order valence-electron chi connectivity index (χ0n) is 20.8. The van der Waals surface area contributed by atoms with E-state index in [9.17, 15) is 4.39 Å². The SMILES string of the molecule is CC1=CCCC=C(C)N1c1nc(-c2ccc(F)cc2)cc(N2CCN(c3ncccc3Cl)C[C@H]2C)n1. The van der Waals surface area contributed by atoms with Crippen molar-refractivity contribution in [1.82, 2.24) is 15.0 Å². The predicted molar refractivity (Wildman–Crippen MR) is 145 cm³/mol. The Morgan fingerprint density at radius 1 is 0.972 bits per heavy atom. The molecule has 4 heterocycles. The molecule has 3 aromatic rings. The Morgan fingerprint density at radius 3 is 2.36 bits per heavy atom. The second-order valence-corrected chi connectivity index (χ2v) is 9.73. The average Bonchev–Trinajstić information content (AvgIpc) is 3.04. The van der Waals surface area contributed by atoms with E-state index in [0.717, 1.165) is 66.8 Å². The van der Waals surface area contributed by atoms with E-state index in [4.69, 9.17) is 21.6 Å². The number of rotatable bonds is 4. The van der Waals surface area contributed by atoms with Crippen molar-refractivity contribution in [1.29, 1.82) is 0 Å². The molecule has 0 aliphatic carbocycles. The summed E-state index contributed by atoms with van der Waals surface area (Å²) in [5.74, 6) is 2.02. The third-order valence-corrected chi connectivity index (χ3v) is 7.05. The van der Waals surface area contributed by atoms with Crippen LogP contribution in [0, 0.1) is 5.82 Å². The zero-order chi connectivity index (χ0) is 25.2. The summed E-state index contributed by atoms with van der Waals surface area (Å²) in [6.07, 6.45) is 8.19. The number of halogens is 2. The number of anilines is 3. The molecule has 2 aromatic heterocycles. The van der Waals surface area contributed by atoms with Gasteiger partial charge >= 0.3 is 0 Å². The Morgan fingerprint density at radius 2 is 1.69 bits per heavy atom. The molecule has 2 aliphatic heterocycles. The van der Waals surface area contributed by atoms with Crippen LogP contribution in [0.25, 0.3) is 11.3 Å². The van der Waals surface area contributed by atoms with Crippen LogP contribution in [0.15, 0.2) is 72.2 Å². The minimum absolute atomic E-state index is 0.165. The number of hydrogen-bond donors (Lipinski definition) is 0. The smallest absolute Gasteiger partial charge is 0.236 e. The van der Waals surface area contributed by atoms with Gasteiger partial charge in [-0.05, 0) is 70.0 Å². The van der Waals surface area contributed by atoms with Crippen LogP contribution in [0.3, 0.4) is 0 Å². The molecule has 36 heavy (non-hydrogen) atoms. The zero-order valence-corrected chi connectivity index (χ0v) is 21.6. The molecule has 0 bridgehead atoms. The molecule has 2 aliphatic rings. The van der Waals surface area contributed by atoms with Crippen LogP contribution in [0.1, 0.15) is 33.6 Å². The standard InChI is InChI=1S/C28H30ClFN6/c1-19-7-4-5-8-20(2)36(19)28-32-25(22-10-12-23(30)13-11-22)17-26(33-28)35-16-15-34(18-21(35)3)27-24(29)9-6-14-31-27/h6-14,17,21H,4-5,15-16,18H2,1-3H3/t21-/m1/s1. The maximum Gasteiger partial charge on any atom is 0.236 e. The fourth-order valence-electron chi connectivity index (χ4n) is 4.90. The van der Waals surface area contributed by atoms with Crippen LogP contribution >= 0.6 is 11.6 Å².